The van der Waals surface area contributed by atoms with Crippen LogP contribution in [-0.4, -0.2) is 56.7 Å². The van der Waals surface area contributed by atoms with Crippen molar-refractivity contribution in [2.45, 2.75) is 19.3 Å². The summed E-state index contributed by atoms with van der Waals surface area (Å²) in [6.07, 6.45) is 2.74. The predicted octanol–water partition coefficient (Wildman–Crippen LogP) is 1.93. The molecule has 0 radical (unpaired) electrons. The molecule has 5 nitrogen and oxygen atoms in total. The number of rotatable bonds is 2. The molecule has 5 heteroatoms. The van der Waals surface area contributed by atoms with E-state index >= 15 is 0 Å². The van der Waals surface area contributed by atoms with Crippen molar-refractivity contribution in [1.82, 2.24) is 4.90 Å². The van der Waals surface area contributed by atoms with Crippen molar-refractivity contribution in [3.63, 3.8) is 0 Å². The van der Waals surface area contributed by atoms with Gasteiger partial charge in [-0.15, -0.1) is 0 Å². The van der Waals surface area contributed by atoms with E-state index in [0.717, 1.165) is 74.7 Å². The maximum Gasteiger partial charge on any atom is 0.167 e. The van der Waals surface area contributed by atoms with Crippen molar-refractivity contribution in [3.05, 3.63) is 23.3 Å². The molecule has 1 fully saturated rings. The second-order valence-electron chi connectivity index (χ2n) is 6.52. The van der Waals surface area contributed by atoms with Crippen molar-refractivity contribution < 1.29 is 19.0 Å². The number of aryl methyl sites for hydroxylation is 1. The number of carbonyl (C=O) groups excluding carboxylic acids is 1. The van der Waals surface area contributed by atoms with Crippen LogP contribution in [0.5, 0.6) is 11.5 Å². The quantitative estimate of drug-likeness (QED) is 0.834. The van der Waals surface area contributed by atoms with E-state index in [4.69, 9.17) is 14.2 Å². The molecule has 0 aromatic heterocycles. The molecule has 4 rings (SSSR count). The monoisotopic (exact) mass is 317 g/mol. The summed E-state index contributed by atoms with van der Waals surface area (Å²) in [5.41, 5.74) is 1.94. The summed E-state index contributed by atoms with van der Waals surface area (Å²) in [5, 5.41) is 0. The third kappa shape index (κ3) is 3.08. The van der Waals surface area contributed by atoms with E-state index in [9.17, 15) is 4.79 Å². The molecule has 1 aliphatic carbocycles. The molecule has 1 saturated heterocycles. The molecule has 23 heavy (non-hydrogen) atoms. The van der Waals surface area contributed by atoms with Crippen molar-refractivity contribution >= 4 is 5.78 Å². The zero-order chi connectivity index (χ0) is 15.6. The molecule has 124 valence electrons. The van der Waals surface area contributed by atoms with Crippen LogP contribution in [0.2, 0.25) is 0 Å². The standard InChI is InChI=1S/C18H23NO4/c20-18-14(12-19-4-8-21-9-5-19)3-2-13-10-16-17(11-15(13)18)23-7-1-6-22-16/h10-11,14H,1-9,12H2. The first-order valence-electron chi connectivity index (χ1n) is 8.58. The Bertz CT molecular complexity index is 595. The van der Waals surface area contributed by atoms with E-state index in [2.05, 4.69) is 4.90 Å². The molecule has 0 amide bonds. The van der Waals surface area contributed by atoms with Crippen LogP contribution in [0.3, 0.4) is 0 Å². The molecule has 0 N–H and O–H groups in total. The Morgan fingerprint density at radius 3 is 2.57 bits per heavy atom. The van der Waals surface area contributed by atoms with E-state index in [1.165, 1.54) is 0 Å². The lowest BCUT2D eigenvalue weighted by Crippen LogP contribution is -2.42. The molecule has 2 heterocycles. The van der Waals surface area contributed by atoms with E-state index in [1.807, 2.05) is 12.1 Å². The number of carbonyl (C=O) groups is 1. The van der Waals surface area contributed by atoms with Gasteiger partial charge in [0.2, 0.25) is 0 Å². The van der Waals surface area contributed by atoms with E-state index in [-0.39, 0.29) is 11.7 Å². The predicted molar refractivity (Wildman–Crippen MR) is 85.4 cm³/mol. The zero-order valence-corrected chi connectivity index (χ0v) is 13.4. The highest BCUT2D eigenvalue weighted by Gasteiger charge is 2.31. The van der Waals surface area contributed by atoms with Crippen LogP contribution in [0.4, 0.5) is 0 Å². The molecule has 1 atom stereocenters. The Balaban J connectivity index is 1.54. The van der Waals surface area contributed by atoms with Gasteiger partial charge >= 0.3 is 0 Å². The Labute approximate surface area is 136 Å². The lowest BCUT2D eigenvalue weighted by atomic mass is 9.82. The highest BCUT2D eigenvalue weighted by molar-refractivity contribution is 6.01. The van der Waals surface area contributed by atoms with Gasteiger partial charge in [0, 0.05) is 37.5 Å². The Morgan fingerprint density at radius 1 is 1.04 bits per heavy atom. The summed E-state index contributed by atoms with van der Waals surface area (Å²) in [6, 6.07) is 3.92. The SMILES string of the molecule is O=C1c2cc3c(cc2CCC1CN1CCOCC1)OCCCO3. The second-order valence-corrected chi connectivity index (χ2v) is 6.52. The first kappa shape index (κ1) is 15.0. The van der Waals surface area contributed by atoms with Crippen LogP contribution < -0.4 is 9.47 Å². The third-order valence-electron chi connectivity index (χ3n) is 4.95. The number of hydrogen-bond donors (Lipinski definition) is 0. The van der Waals surface area contributed by atoms with Gasteiger partial charge in [-0.2, -0.15) is 0 Å². The summed E-state index contributed by atoms with van der Waals surface area (Å²) < 4.78 is 16.9. The van der Waals surface area contributed by atoms with Gasteiger partial charge in [-0.3, -0.25) is 9.69 Å². The average Bonchev–Trinajstić information content (AvgIpc) is 2.82. The smallest absolute Gasteiger partial charge is 0.167 e. The molecule has 3 aliphatic rings. The minimum Gasteiger partial charge on any atom is -0.490 e. The Morgan fingerprint density at radius 2 is 1.78 bits per heavy atom. The number of nitrogens with zero attached hydrogens (tertiary/aromatic N) is 1. The third-order valence-corrected chi connectivity index (χ3v) is 4.95. The summed E-state index contributed by atoms with van der Waals surface area (Å²) >= 11 is 0. The average molecular weight is 317 g/mol. The molecule has 0 bridgehead atoms. The highest BCUT2D eigenvalue weighted by Crippen LogP contribution is 2.37. The van der Waals surface area contributed by atoms with Crippen LogP contribution in [0, 0.1) is 5.92 Å². The van der Waals surface area contributed by atoms with Crippen LogP contribution in [0.15, 0.2) is 12.1 Å². The van der Waals surface area contributed by atoms with Crippen molar-refractivity contribution in [2.24, 2.45) is 5.92 Å². The van der Waals surface area contributed by atoms with E-state index in [0.29, 0.717) is 13.2 Å². The number of benzene rings is 1. The van der Waals surface area contributed by atoms with Gasteiger partial charge in [0.25, 0.3) is 0 Å². The minimum absolute atomic E-state index is 0.0883. The minimum atomic E-state index is 0.0883. The van der Waals surface area contributed by atoms with Crippen LogP contribution >= 0.6 is 0 Å². The molecule has 1 unspecified atom stereocenters. The van der Waals surface area contributed by atoms with Crippen molar-refractivity contribution in [1.29, 1.82) is 0 Å². The maximum absolute atomic E-state index is 12.9. The fraction of sp³-hybridized carbons (Fsp3) is 0.611. The lowest BCUT2D eigenvalue weighted by molar-refractivity contribution is 0.0291. The van der Waals surface area contributed by atoms with E-state index < -0.39 is 0 Å². The molecular weight excluding hydrogens is 294 g/mol. The molecular formula is C18H23NO4. The fourth-order valence-corrected chi connectivity index (χ4v) is 3.64. The lowest BCUT2D eigenvalue weighted by Gasteiger charge is -2.32. The number of morpholine rings is 1. The fourth-order valence-electron chi connectivity index (χ4n) is 3.64. The molecule has 1 aromatic carbocycles. The molecule has 1 aromatic rings. The van der Waals surface area contributed by atoms with Crippen LogP contribution in [0.25, 0.3) is 0 Å². The van der Waals surface area contributed by atoms with E-state index in [1.54, 1.807) is 0 Å². The van der Waals surface area contributed by atoms with Crippen molar-refractivity contribution in [3.8, 4) is 11.5 Å². The normalized spacial score (nSPS) is 24.9. The van der Waals surface area contributed by atoms with Gasteiger partial charge in [0.15, 0.2) is 17.3 Å². The first-order valence-corrected chi connectivity index (χ1v) is 8.58. The topological polar surface area (TPSA) is 48.0 Å². The second kappa shape index (κ2) is 6.49. The number of ketones is 1. The van der Waals surface area contributed by atoms with Gasteiger partial charge in [-0.05, 0) is 30.5 Å². The highest BCUT2D eigenvalue weighted by atomic mass is 16.5. The molecule has 0 saturated carbocycles. The molecule has 0 spiro atoms. The largest absolute Gasteiger partial charge is 0.490 e. The number of hydrogen-bond acceptors (Lipinski definition) is 5. The van der Waals surface area contributed by atoms with Gasteiger partial charge in [-0.1, -0.05) is 0 Å². The number of fused-ring (bicyclic) bond motifs is 2. The van der Waals surface area contributed by atoms with Gasteiger partial charge in [-0.25, -0.2) is 0 Å². The van der Waals surface area contributed by atoms with Crippen LogP contribution in [-0.2, 0) is 11.2 Å². The summed E-state index contributed by atoms with van der Waals surface area (Å²) in [5.74, 6) is 1.86. The van der Waals surface area contributed by atoms with Crippen LogP contribution in [0.1, 0.15) is 28.8 Å². The number of ether oxygens (including phenoxy) is 3. The summed E-state index contributed by atoms with van der Waals surface area (Å²) in [4.78, 5) is 15.3. The first-order chi connectivity index (χ1) is 11.3. The van der Waals surface area contributed by atoms with Gasteiger partial charge < -0.3 is 14.2 Å². The number of Topliss-reactive ketones (excluding diaryl/α,β-unsaturated/α-hetero) is 1. The summed E-state index contributed by atoms with van der Waals surface area (Å²) in [7, 11) is 0. The summed E-state index contributed by atoms with van der Waals surface area (Å²) in [6.45, 7) is 5.58. The van der Waals surface area contributed by atoms with Crippen molar-refractivity contribution in [2.75, 3.05) is 46.1 Å². The maximum atomic E-state index is 12.9. The molecule has 2 aliphatic heterocycles. The Kier molecular flexibility index (Phi) is 4.23. The zero-order valence-electron chi connectivity index (χ0n) is 13.4. The van der Waals surface area contributed by atoms with Gasteiger partial charge in [0.05, 0.1) is 26.4 Å². The Hall–Kier alpha value is -1.59. The van der Waals surface area contributed by atoms with Gasteiger partial charge in [0.1, 0.15) is 0 Å².